The molecule has 0 atom stereocenters. The van der Waals surface area contributed by atoms with Crippen LogP contribution in [-0.2, 0) is 4.79 Å². The van der Waals surface area contributed by atoms with Gasteiger partial charge in [0.15, 0.2) is 11.4 Å². The Hall–Kier alpha value is -3.71. The standard InChI is InChI=1S/C21H21N5O2/c1-5-26(6-2)17-9-7-16(14(3)11-17)8-10-18-21(28-15(4)27)25-20(13-23)19(12-22)24-18/h7-11H,5-6H2,1-4H3/b10-8+. The predicted octanol–water partition coefficient (Wildman–Crippen LogP) is 3.47. The SMILES string of the molecule is CCN(CC)c1ccc(/C=C/c2nc(C#N)c(C#N)nc2OC(C)=O)c(C)c1. The van der Waals surface area contributed by atoms with E-state index in [9.17, 15) is 4.79 Å². The largest absolute Gasteiger partial charge is 0.405 e. The van der Waals surface area contributed by atoms with Gasteiger partial charge in [-0.05, 0) is 50.1 Å². The van der Waals surface area contributed by atoms with Gasteiger partial charge in [-0.1, -0.05) is 12.1 Å². The maximum atomic E-state index is 11.3. The van der Waals surface area contributed by atoms with Gasteiger partial charge >= 0.3 is 5.97 Å². The molecule has 0 N–H and O–H groups in total. The number of hydrogen-bond acceptors (Lipinski definition) is 7. The van der Waals surface area contributed by atoms with Gasteiger partial charge in [-0.2, -0.15) is 15.5 Å². The summed E-state index contributed by atoms with van der Waals surface area (Å²) < 4.78 is 5.05. The van der Waals surface area contributed by atoms with Crippen LogP contribution in [0.15, 0.2) is 18.2 Å². The molecule has 0 saturated heterocycles. The molecule has 0 radical (unpaired) electrons. The summed E-state index contributed by atoms with van der Waals surface area (Å²) in [6.45, 7) is 9.31. The molecule has 2 rings (SSSR count). The van der Waals surface area contributed by atoms with Crippen LogP contribution in [0.5, 0.6) is 5.88 Å². The van der Waals surface area contributed by atoms with E-state index >= 15 is 0 Å². The highest BCUT2D eigenvalue weighted by molar-refractivity contribution is 5.75. The second kappa shape index (κ2) is 9.29. The first kappa shape index (κ1) is 20.6. The smallest absolute Gasteiger partial charge is 0.309 e. The minimum absolute atomic E-state index is 0.100. The second-order valence-corrected chi connectivity index (χ2v) is 5.97. The van der Waals surface area contributed by atoms with Crippen molar-refractivity contribution >= 4 is 23.8 Å². The molecule has 1 heterocycles. The molecule has 0 saturated carbocycles. The van der Waals surface area contributed by atoms with Crippen molar-refractivity contribution in [2.75, 3.05) is 18.0 Å². The topological polar surface area (TPSA) is 103 Å². The fourth-order valence-electron chi connectivity index (χ4n) is 2.71. The fraction of sp³-hybridized carbons (Fsp3) is 0.286. The van der Waals surface area contributed by atoms with E-state index in [0.717, 1.165) is 29.9 Å². The van der Waals surface area contributed by atoms with Gasteiger partial charge in [0.2, 0.25) is 5.88 Å². The van der Waals surface area contributed by atoms with E-state index in [4.69, 9.17) is 15.3 Å². The van der Waals surface area contributed by atoms with E-state index in [-0.39, 0.29) is 23.0 Å². The molecule has 0 spiro atoms. The van der Waals surface area contributed by atoms with Crippen LogP contribution in [-0.4, -0.2) is 29.0 Å². The highest BCUT2D eigenvalue weighted by Gasteiger charge is 2.15. The summed E-state index contributed by atoms with van der Waals surface area (Å²) in [4.78, 5) is 21.7. The lowest BCUT2D eigenvalue weighted by atomic mass is 10.1. The van der Waals surface area contributed by atoms with Gasteiger partial charge in [-0.3, -0.25) is 4.79 Å². The molecule has 1 aromatic heterocycles. The first-order chi connectivity index (χ1) is 13.4. The van der Waals surface area contributed by atoms with Gasteiger partial charge < -0.3 is 9.64 Å². The zero-order chi connectivity index (χ0) is 20.7. The number of esters is 1. The van der Waals surface area contributed by atoms with Crippen molar-refractivity contribution in [3.8, 4) is 18.0 Å². The Morgan fingerprint density at radius 1 is 1.14 bits per heavy atom. The summed E-state index contributed by atoms with van der Waals surface area (Å²) in [6.07, 6.45) is 3.43. The Balaban J connectivity index is 2.44. The van der Waals surface area contributed by atoms with Crippen molar-refractivity contribution < 1.29 is 9.53 Å². The fourth-order valence-corrected chi connectivity index (χ4v) is 2.71. The summed E-state index contributed by atoms with van der Waals surface area (Å²) in [5.41, 5.74) is 3.07. The van der Waals surface area contributed by atoms with Crippen molar-refractivity contribution in [3.05, 3.63) is 46.4 Å². The third-order valence-electron chi connectivity index (χ3n) is 4.14. The normalized spacial score (nSPS) is 10.4. The molecule has 28 heavy (non-hydrogen) atoms. The van der Waals surface area contributed by atoms with Crippen LogP contribution >= 0.6 is 0 Å². The predicted molar refractivity (Wildman–Crippen MR) is 106 cm³/mol. The number of aromatic nitrogens is 2. The lowest BCUT2D eigenvalue weighted by Crippen LogP contribution is -2.21. The number of nitrogens with zero attached hydrogens (tertiary/aromatic N) is 5. The van der Waals surface area contributed by atoms with Gasteiger partial charge in [0, 0.05) is 25.7 Å². The Morgan fingerprint density at radius 2 is 1.79 bits per heavy atom. The number of hydrogen-bond donors (Lipinski definition) is 0. The monoisotopic (exact) mass is 375 g/mol. The molecule has 0 aliphatic carbocycles. The number of ether oxygens (including phenoxy) is 1. The maximum absolute atomic E-state index is 11.3. The number of carbonyl (C=O) groups excluding carboxylic acids is 1. The first-order valence-corrected chi connectivity index (χ1v) is 8.87. The molecule has 7 nitrogen and oxygen atoms in total. The number of rotatable bonds is 6. The highest BCUT2D eigenvalue weighted by atomic mass is 16.5. The Morgan fingerprint density at radius 3 is 2.32 bits per heavy atom. The molecule has 0 amide bonds. The lowest BCUT2D eigenvalue weighted by Gasteiger charge is -2.21. The van der Waals surface area contributed by atoms with Crippen LogP contribution in [0.25, 0.3) is 12.2 Å². The van der Waals surface area contributed by atoms with Gasteiger partial charge in [-0.25, -0.2) is 4.98 Å². The lowest BCUT2D eigenvalue weighted by molar-refractivity contribution is -0.132. The summed E-state index contributed by atoms with van der Waals surface area (Å²) in [5, 5.41) is 18.3. The van der Waals surface area contributed by atoms with E-state index in [1.54, 1.807) is 12.1 Å². The van der Waals surface area contributed by atoms with Gasteiger partial charge in [-0.15, -0.1) is 0 Å². The van der Waals surface area contributed by atoms with E-state index in [1.165, 1.54) is 6.92 Å². The molecule has 0 unspecified atom stereocenters. The van der Waals surface area contributed by atoms with Crippen LogP contribution < -0.4 is 9.64 Å². The van der Waals surface area contributed by atoms with Gasteiger partial charge in [0.1, 0.15) is 17.8 Å². The second-order valence-electron chi connectivity index (χ2n) is 5.97. The Kier molecular flexibility index (Phi) is 6.84. The van der Waals surface area contributed by atoms with Crippen molar-refractivity contribution in [2.45, 2.75) is 27.7 Å². The van der Waals surface area contributed by atoms with Gasteiger partial charge in [0.25, 0.3) is 0 Å². The van der Waals surface area contributed by atoms with E-state index in [0.29, 0.717) is 0 Å². The van der Waals surface area contributed by atoms with E-state index < -0.39 is 5.97 Å². The molecule has 0 bridgehead atoms. The van der Waals surface area contributed by atoms with Crippen molar-refractivity contribution in [3.63, 3.8) is 0 Å². The maximum Gasteiger partial charge on any atom is 0.309 e. The Labute approximate surface area is 164 Å². The molecular weight excluding hydrogens is 354 g/mol. The molecular formula is C21H21N5O2. The zero-order valence-corrected chi connectivity index (χ0v) is 16.4. The minimum atomic E-state index is -0.586. The van der Waals surface area contributed by atoms with Crippen molar-refractivity contribution in [2.24, 2.45) is 0 Å². The first-order valence-electron chi connectivity index (χ1n) is 8.87. The van der Waals surface area contributed by atoms with E-state index in [2.05, 4.69) is 34.8 Å². The van der Waals surface area contributed by atoms with Crippen LogP contribution in [0.1, 0.15) is 49.0 Å². The molecule has 1 aromatic carbocycles. The average Bonchev–Trinajstić information content (AvgIpc) is 2.68. The summed E-state index contributed by atoms with van der Waals surface area (Å²) in [7, 11) is 0. The molecule has 2 aromatic rings. The molecule has 0 aliphatic heterocycles. The minimum Gasteiger partial charge on any atom is -0.405 e. The zero-order valence-electron chi connectivity index (χ0n) is 16.4. The van der Waals surface area contributed by atoms with Crippen LogP contribution in [0.3, 0.4) is 0 Å². The number of nitriles is 2. The summed E-state index contributed by atoms with van der Waals surface area (Å²) >= 11 is 0. The quantitative estimate of drug-likeness (QED) is 0.712. The van der Waals surface area contributed by atoms with Crippen molar-refractivity contribution in [1.29, 1.82) is 10.5 Å². The molecule has 7 heteroatoms. The average molecular weight is 375 g/mol. The number of carbonyl (C=O) groups is 1. The van der Waals surface area contributed by atoms with Crippen LogP contribution in [0.4, 0.5) is 5.69 Å². The summed E-state index contributed by atoms with van der Waals surface area (Å²) in [6, 6.07) is 9.75. The number of anilines is 1. The van der Waals surface area contributed by atoms with Crippen LogP contribution in [0, 0.1) is 29.6 Å². The third-order valence-corrected chi connectivity index (χ3v) is 4.14. The van der Waals surface area contributed by atoms with Gasteiger partial charge in [0.05, 0.1) is 0 Å². The third kappa shape index (κ3) is 4.72. The van der Waals surface area contributed by atoms with E-state index in [1.807, 2.05) is 31.2 Å². The summed E-state index contributed by atoms with van der Waals surface area (Å²) in [5.74, 6) is -0.686. The highest BCUT2D eigenvalue weighted by Crippen LogP contribution is 2.23. The molecule has 142 valence electrons. The number of aryl methyl sites for hydroxylation is 1. The van der Waals surface area contributed by atoms with Crippen LogP contribution in [0.2, 0.25) is 0 Å². The molecule has 0 aliphatic rings. The number of benzene rings is 1. The van der Waals surface area contributed by atoms with Crippen molar-refractivity contribution in [1.82, 2.24) is 9.97 Å². The Bertz CT molecular complexity index is 995. The molecule has 0 fully saturated rings.